The Bertz CT molecular complexity index is 1100. The third-order valence-corrected chi connectivity index (χ3v) is 5.83. The molecule has 2 aromatic rings. The van der Waals surface area contributed by atoms with Gasteiger partial charge in [0.05, 0.1) is 22.2 Å². The molecule has 35 heavy (non-hydrogen) atoms. The van der Waals surface area contributed by atoms with Crippen LogP contribution in [0.5, 0.6) is 5.75 Å². The molecule has 0 radical (unpaired) electrons. The molecule has 4 N–H and O–H groups in total. The number of likely N-dealkylation sites (tertiary alicyclic amines) is 1. The van der Waals surface area contributed by atoms with Gasteiger partial charge in [-0.2, -0.15) is 0 Å². The minimum absolute atomic E-state index is 0.0906. The van der Waals surface area contributed by atoms with Crippen molar-refractivity contribution >= 4 is 64.1 Å². The van der Waals surface area contributed by atoms with Gasteiger partial charge in [0.2, 0.25) is 5.91 Å². The van der Waals surface area contributed by atoms with Crippen molar-refractivity contribution in [1.29, 1.82) is 0 Å². The summed E-state index contributed by atoms with van der Waals surface area (Å²) in [7, 11) is 0. The molecule has 0 aliphatic carbocycles. The number of rotatable bonds is 6. The molecule has 1 fully saturated rings. The number of amides is 1. The van der Waals surface area contributed by atoms with Crippen molar-refractivity contribution in [2.24, 2.45) is 5.73 Å². The van der Waals surface area contributed by atoms with Crippen LogP contribution in [0.3, 0.4) is 0 Å². The second-order valence-corrected chi connectivity index (χ2v) is 8.91. The number of carboxylic acids is 2. The van der Waals surface area contributed by atoms with Crippen LogP contribution in [0.25, 0.3) is 0 Å². The molecule has 0 unspecified atom stereocenters. The van der Waals surface area contributed by atoms with Gasteiger partial charge in [-0.05, 0) is 36.2 Å². The fourth-order valence-corrected chi connectivity index (χ4v) is 3.98. The van der Waals surface area contributed by atoms with E-state index in [0.717, 1.165) is 5.56 Å². The zero-order valence-corrected chi connectivity index (χ0v) is 20.8. The molecule has 1 aliphatic rings. The maximum absolute atomic E-state index is 12.1. The van der Waals surface area contributed by atoms with Gasteiger partial charge in [0, 0.05) is 18.2 Å². The first-order valence-electron chi connectivity index (χ1n) is 10.2. The molecule has 1 aliphatic heterocycles. The highest BCUT2D eigenvalue weighted by molar-refractivity contribution is 7.80. The van der Waals surface area contributed by atoms with Gasteiger partial charge in [-0.1, -0.05) is 53.6 Å². The van der Waals surface area contributed by atoms with Crippen molar-refractivity contribution in [3.8, 4) is 5.75 Å². The van der Waals surface area contributed by atoms with Crippen molar-refractivity contribution in [2.45, 2.75) is 31.8 Å². The van der Waals surface area contributed by atoms with E-state index < -0.39 is 30.0 Å². The van der Waals surface area contributed by atoms with Crippen LogP contribution in [0.1, 0.15) is 29.3 Å². The number of halogens is 2. The highest BCUT2D eigenvalue weighted by atomic mass is 35.5. The van der Waals surface area contributed by atoms with E-state index in [1.165, 1.54) is 11.8 Å². The highest BCUT2D eigenvalue weighted by Crippen LogP contribution is 2.26. The number of nitrogens with zero attached hydrogens (tertiary/aromatic N) is 1. The van der Waals surface area contributed by atoms with Gasteiger partial charge in [0.25, 0.3) is 0 Å². The van der Waals surface area contributed by atoms with Crippen LogP contribution in [-0.2, 0) is 20.8 Å². The van der Waals surface area contributed by atoms with Crippen molar-refractivity contribution in [2.75, 3.05) is 6.54 Å². The Morgan fingerprint density at radius 3 is 2.14 bits per heavy atom. The monoisotopic (exact) mass is 540 g/mol. The number of hydrogen-bond acceptors (Lipinski definition) is 7. The summed E-state index contributed by atoms with van der Waals surface area (Å²) in [6.07, 6.45) is 0.490. The van der Waals surface area contributed by atoms with E-state index in [2.05, 4.69) is 0 Å². The van der Waals surface area contributed by atoms with Crippen LogP contribution >= 0.6 is 35.4 Å². The summed E-state index contributed by atoms with van der Waals surface area (Å²) < 4.78 is 5.21. The minimum Gasteiger partial charge on any atom is -0.480 e. The Morgan fingerprint density at radius 2 is 1.69 bits per heavy atom. The first-order valence-corrected chi connectivity index (χ1v) is 11.3. The first kappa shape index (κ1) is 28.2. The quantitative estimate of drug-likeness (QED) is 0.285. The summed E-state index contributed by atoms with van der Waals surface area (Å²) in [6, 6.07) is 9.36. The van der Waals surface area contributed by atoms with Gasteiger partial charge in [-0.25, -0.2) is 9.59 Å². The number of carboxylic acid groups (broad SMARTS) is 2. The average molecular weight is 541 g/mol. The van der Waals surface area contributed by atoms with Crippen molar-refractivity contribution in [3.05, 3.63) is 63.6 Å². The van der Waals surface area contributed by atoms with Crippen LogP contribution in [0.15, 0.2) is 42.5 Å². The number of nitrogens with two attached hydrogens (primary N) is 1. The van der Waals surface area contributed by atoms with E-state index in [1.54, 1.807) is 42.5 Å². The predicted octanol–water partition coefficient (Wildman–Crippen LogP) is 3.23. The summed E-state index contributed by atoms with van der Waals surface area (Å²) in [4.78, 5) is 46.3. The zero-order valence-electron chi connectivity index (χ0n) is 18.4. The normalized spacial score (nSPS) is 15.6. The SMILES string of the molecule is CC(=O)N1CC(=S)C[C@H]1C(=O)O.N[C@@H](Cc1ccc(OC(=O)c2c(Cl)cccc2Cl)cc1)C(=O)O. The first-order chi connectivity index (χ1) is 16.4. The average Bonchev–Trinajstić information content (AvgIpc) is 3.18. The van der Waals surface area contributed by atoms with Gasteiger partial charge in [-0.15, -0.1) is 0 Å². The molecule has 12 heteroatoms. The Kier molecular flexibility index (Phi) is 10.1. The Labute approximate surface area is 216 Å². The fraction of sp³-hybridized carbons (Fsp3) is 0.261. The second-order valence-electron chi connectivity index (χ2n) is 7.52. The molecule has 186 valence electrons. The predicted molar refractivity (Wildman–Crippen MR) is 133 cm³/mol. The van der Waals surface area contributed by atoms with Crippen LogP contribution in [0.4, 0.5) is 0 Å². The molecular formula is C23H22Cl2N2O7S. The van der Waals surface area contributed by atoms with E-state index in [4.69, 9.17) is 56.1 Å². The largest absolute Gasteiger partial charge is 0.480 e. The number of aliphatic carboxylic acids is 2. The summed E-state index contributed by atoms with van der Waals surface area (Å²) in [5.74, 6) is -2.67. The summed E-state index contributed by atoms with van der Waals surface area (Å²) >= 11 is 16.8. The second kappa shape index (κ2) is 12.6. The molecule has 1 heterocycles. The lowest BCUT2D eigenvalue weighted by Gasteiger charge is -2.18. The lowest BCUT2D eigenvalue weighted by Crippen LogP contribution is -2.39. The van der Waals surface area contributed by atoms with E-state index >= 15 is 0 Å². The smallest absolute Gasteiger partial charge is 0.346 e. The maximum Gasteiger partial charge on any atom is 0.346 e. The standard InChI is InChI=1S/C16H13Cl2NO4.C7H9NO3S/c17-11-2-1-3-12(18)14(11)16(22)23-10-6-4-9(5-7-10)8-13(19)15(20)21;1-4(9)8-3-5(12)2-6(8)7(10)11/h1-7,13H,8,19H2,(H,20,21);6H,2-3H2,1H3,(H,10,11)/t13-;6-/m00/s1. The molecule has 0 saturated carbocycles. The number of carbonyl (C=O) groups is 4. The number of esters is 1. The van der Waals surface area contributed by atoms with Gasteiger partial charge >= 0.3 is 17.9 Å². The van der Waals surface area contributed by atoms with Gasteiger partial charge in [-0.3, -0.25) is 9.59 Å². The summed E-state index contributed by atoms with van der Waals surface area (Å²) in [5.41, 5.74) is 6.27. The third-order valence-electron chi connectivity index (χ3n) is 4.91. The Hall–Kier alpha value is -3.05. The maximum atomic E-state index is 12.1. The molecule has 0 aromatic heterocycles. The van der Waals surface area contributed by atoms with E-state index in [9.17, 15) is 19.2 Å². The number of ether oxygens (including phenoxy) is 1. The molecule has 1 saturated heterocycles. The topological polar surface area (TPSA) is 147 Å². The van der Waals surface area contributed by atoms with Crippen LogP contribution in [-0.4, -0.2) is 62.4 Å². The zero-order chi connectivity index (χ0) is 26.3. The van der Waals surface area contributed by atoms with E-state index in [-0.39, 0.29) is 27.9 Å². The lowest BCUT2D eigenvalue weighted by molar-refractivity contribution is -0.147. The molecule has 2 aromatic carbocycles. The third kappa shape index (κ3) is 8.00. The van der Waals surface area contributed by atoms with Crippen molar-refractivity contribution in [3.63, 3.8) is 0 Å². The molecule has 0 bridgehead atoms. The number of thiocarbonyl (C=S) groups is 1. The number of benzene rings is 2. The highest BCUT2D eigenvalue weighted by Gasteiger charge is 2.35. The number of carbonyl (C=O) groups excluding carboxylic acids is 2. The van der Waals surface area contributed by atoms with Gasteiger partial charge in [0.1, 0.15) is 17.8 Å². The van der Waals surface area contributed by atoms with Crippen molar-refractivity contribution in [1.82, 2.24) is 4.90 Å². The minimum atomic E-state index is -1.08. The molecule has 3 rings (SSSR count). The molecule has 2 atom stereocenters. The fourth-order valence-electron chi connectivity index (χ4n) is 3.13. The van der Waals surface area contributed by atoms with Crippen molar-refractivity contribution < 1.29 is 34.1 Å². The summed E-state index contributed by atoms with van der Waals surface area (Å²) in [6.45, 7) is 1.66. The van der Waals surface area contributed by atoms with Crippen LogP contribution in [0, 0.1) is 0 Å². The van der Waals surface area contributed by atoms with Gasteiger partial charge in [0.15, 0.2) is 0 Å². The van der Waals surface area contributed by atoms with E-state index in [1.807, 2.05) is 0 Å². The Balaban J connectivity index is 0.000000303. The molecule has 1 amide bonds. The van der Waals surface area contributed by atoms with E-state index in [0.29, 0.717) is 23.6 Å². The molecule has 0 spiro atoms. The number of hydrogen-bond donors (Lipinski definition) is 3. The lowest BCUT2D eigenvalue weighted by atomic mass is 10.1. The summed E-state index contributed by atoms with van der Waals surface area (Å²) in [5, 5.41) is 17.9. The Morgan fingerprint density at radius 1 is 1.11 bits per heavy atom. The van der Waals surface area contributed by atoms with Crippen LogP contribution in [0.2, 0.25) is 10.0 Å². The van der Waals surface area contributed by atoms with Crippen LogP contribution < -0.4 is 10.5 Å². The molecular weight excluding hydrogens is 519 g/mol. The van der Waals surface area contributed by atoms with Gasteiger partial charge < -0.3 is 25.6 Å². The molecule has 9 nitrogen and oxygen atoms in total.